The van der Waals surface area contributed by atoms with Crippen LogP contribution < -0.4 is 10.2 Å². The summed E-state index contributed by atoms with van der Waals surface area (Å²) in [5.74, 6) is 0. The summed E-state index contributed by atoms with van der Waals surface area (Å²) in [5.41, 5.74) is 2.53. The molecule has 2 aliphatic heterocycles. The molecule has 28 heavy (non-hydrogen) atoms. The maximum Gasteiger partial charge on any atom is 0.317 e. The Kier molecular flexibility index (Phi) is 6.17. The van der Waals surface area contributed by atoms with Gasteiger partial charge in [-0.05, 0) is 62.0 Å². The molecule has 3 heterocycles. The number of benzene rings is 1. The zero-order valence-corrected chi connectivity index (χ0v) is 17.5. The van der Waals surface area contributed by atoms with Gasteiger partial charge >= 0.3 is 6.03 Å². The van der Waals surface area contributed by atoms with Crippen LogP contribution in [0.5, 0.6) is 0 Å². The van der Waals surface area contributed by atoms with Crippen LogP contribution in [0, 0.1) is 6.92 Å². The van der Waals surface area contributed by atoms with Gasteiger partial charge in [-0.2, -0.15) is 0 Å². The van der Waals surface area contributed by atoms with Crippen LogP contribution in [-0.4, -0.2) is 61.6 Å². The van der Waals surface area contributed by atoms with Gasteiger partial charge in [0.15, 0.2) is 0 Å². The lowest BCUT2D eigenvalue weighted by atomic mass is 10.2. The highest BCUT2D eigenvalue weighted by Crippen LogP contribution is 2.28. The molecule has 150 valence electrons. The van der Waals surface area contributed by atoms with Crippen molar-refractivity contribution in [1.82, 2.24) is 15.1 Å². The third-order valence-corrected chi connectivity index (χ3v) is 6.81. The molecule has 1 aromatic heterocycles. The van der Waals surface area contributed by atoms with E-state index in [1.807, 2.05) is 4.90 Å². The first-order chi connectivity index (χ1) is 13.7. The summed E-state index contributed by atoms with van der Waals surface area (Å²) in [7, 11) is 0. The van der Waals surface area contributed by atoms with Gasteiger partial charge < -0.3 is 15.1 Å². The number of hydrogen-bond donors (Lipinski definition) is 1. The molecule has 2 saturated heterocycles. The minimum absolute atomic E-state index is 0.0737. The SMILES string of the molecule is Cc1cccc(N2CCN(C(=O)NCC(c3cccs3)N3CCCC3)CC2)c1. The maximum absolute atomic E-state index is 12.8. The zero-order chi connectivity index (χ0) is 19.3. The van der Waals surface area contributed by atoms with Crippen LogP contribution in [-0.2, 0) is 0 Å². The quantitative estimate of drug-likeness (QED) is 0.834. The van der Waals surface area contributed by atoms with E-state index in [2.05, 4.69) is 63.8 Å². The number of hydrogen-bond acceptors (Lipinski definition) is 4. The first-order valence-corrected chi connectivity index (χ1v) is 11.2. The van der Waals surface area contributed by atoms with Crippen LogP contribution >= 0.6 is 11.3 Å². The maximum atomic E-state index is 12.8. The Morgan fingerprint density at radius 2 is 1.86 bits per heavy atom. The highest BCUT2D eigenvalue weighted by atomic mass is 32.1. The number of anilines is 1. The molecular weight excluding hydrogens is 368 g/mol. The molecule has 0 radical (unpaired) electrons. The van der Waals surface area contributed by atoms with Crippen molar-refractivity contribution in [3.05, 3.63) is 52.2 Å². The van der Waals surface area contributed by atoms with Crippen LogP contribution in [0.2, 0.25) is 0 Å². The van der Waals surface area contributed by atoms with E-state index < -0.39 is 0 Å². The number of carbonyl (C=O) groups is 1. The Morgan fingerprint density at radius 3 is 2.54 bits per heavy atom. The van der Waals surface area contributed by atoms with Gasteiger partial charge in [0.25, 0.3) is 0 Å². The molecule has 0 aliphatic carbocycles. The summed E-state index contributed by atoms with van der Waals surface area (Å²) in [5, 5.41) is 5.34. The number of nitrogens with one attached hydrogen (secondary N) is 1. The first-order valence-electron chi connectivity index (χ1n) is 10.3. The molecule has 2 aliphatic rings. The lowest BCUT2D eigenvalue weighted by molar-refractivity contribution is 0.185. The third-order valence-electron chi connectivity index (χ3n) is 5.83. The standard InChI is InChI=1S/C22H30N4OS/c1-18-6-4-7-19(16-18)24-11-13-26(14-12-24)22(27)23-17-20(21-8-5-15-28-21)25-9-2-3-10-25/h4-8,15-16,20H,2-3,9-14,17H2,1H3,(H,23,27). The number of rotatable bonds is 5. The zero-order valence-electron chi connectivity index (χ0n) is 16.6. The molecule has 1 N–H and O–H groups in total. The fourth-order valence-electron chi connectivity index (χ4n) is 4.23. The summed E-state index contributed by atoms with van der Waals surface area (Å²) < 4.78 is 0. The number of thiophene rings is 1. The number of piperazine rings is 1. The predicted molar refractivity (Wildman–Crippen MR) is 116 cm³/mol. The second-order valence-corrected chi connectivity index (χ2v) is 8.75. The van der Waals surface area contributed by atoms with E-state index in [9.17, 15) is 4.79 Å². The molecule has 2 aromatic rings. The Bertz CT molecular complexity index is 765. The number of urea groups is 1. The summed E-state index contributed by atoms with van der Waals surface area (Å²) >= 11 is 1.79. The molecule has 6 heteroatoms. The molecule has 5 nitrogen and oxygen atoms in total. The largest absolute Gasteiger partial charge is 0.368 e. The summed E-state index contributed by atoms with van der Waals surface area (Å²) in [6.45, 7) is 8.39. The number of nitrogens with zero attached hydrogens (tertiary/aromatic N) is 3. The summed E-state index contributed by atoms with van der Waals surface area (Å²) in [6, 6.07) is 13.3. The van der Waals surface area contributed by atoms with Gasteiger partial charge in [-0.3, -0.25) is 4.90 Å². The van der Waals surface area contributed by atoms with Crippen molar-refractivity contribution in [2.24, 2.45) is 0 Å². The van der Waals surface area contributed by atoms with Crippen molar-refractivity contribution < 1.29 is 4.79 Å². The molecule has 0 bridgehead atoms. The van der Waals surface area contributed by atoms with Crippen molar-refractivity contribution in [2.45, 2.75) is 25.8 Å². The van der Waals surface area contributed by atoms with Gasteiger partial charge in [0, 0.05) is 43.3 Å². The van der Waals surface area contributed by atoms with Crippen LogP contribution in [0.1, 0.15) is 29.3 Å². The Morgan fingerprint density at radius 1 is 1.07 bits per heavy atom. The van der Waals surface area contributed by atoms with Gasteiger partial charge in [0.2, 0.25) is 0 Å². The Labute approximate surface area is 171 Å². The monoisotopic (exact) mass is 398 g/mol. The lowest BCUT2D eigenvalue weighted by Gasteiger charge is -2.36. The van der Waals surface area contributed by atoms with Crippen molar-refractivity contribution in [2.75, 3.05) is 50.7 Å². The molecule has 2 fully saturated rings. The van der Waals surface area contributed by atoms with Crippen molar-refractivity contribution >= 4 is 23.1 Å². The first kappa shape index (κ1) is 19.3. The van der Waals surface area contributed by atoms with Gasteiger partial charge in [-0.1, -0.05) is 18.2 Å². The van der Waals surface area contributed by atoms with E-state index in [1.54, 1.807) is 11.3 Å². The molecule has 4 rings (SSSR count). The Hall–Kier alpha value is -2.05. The van der Waals surface area contributed by atoms with Crippen LogP contribution in [0.3, 0.4) is 0 Å². The summed E-state index contributed by atoms with van der Waals surface area (Å²) in [6.07, 6.45) is 2.52. The van der Waals surface area contributed by atoms with Crippen molar-refractivity contribution in [3.8, 4) is 0 Å². The highest BCUT2D eigenvalue weighted by molar-refractivity contribution is 7.10. The molecule has 0 saturated carbocycles. The van der Waals surface area contributed by atoms with Gasteiger partial charge in [0.05, 0.1) is 6.04 Å². The molecule has 1 aromatic carbocycles. The topological polar surface area (TPSA) is 38.8 Å². The van der Waals surface area contributed by atoms with E-state index in [4.69, 9.17) is 0 Å². The van der Waals surface area contributed by atoms with Gasteiger partial charge in [-0.25, -0.2) is 4.79 Å². The number of likely N-dealkylation sites (tertiary alicyclic amines) is 1. The van der Waals surface area contributed by atoms with Gasteiger partial charge in [-0.15, -0.1) is 11.3 Å². The normalized spacial score (nSPS) is 19.0. The molecule has 0 spiro atoms. The Balaban J connectivity index is 1.30. The fourth-order valence-corrected chi connectivity index (χ4v) is 5.09. The smallest absolute Gasteiger partial charge is 0.317 e. The molecule has 1 unspecified atom stereocenters. The van der Waals surface area contributed by atoms with Gasteiger partial charge in [0.1, 0.15) is 0 Å². The van der Waals surface area contributed by atoms with Crippen molar-refractivity contribution in [1.29, 1.82) is 0 Å². The fraction of sp³-hybridized carbons (Fsp3) is 0.500. The number of carbonyl (C=O) groups excluding carboxylic acids is 1. The van der Waals surface area contributed by atoms with Crippen LogP contribution in [0.4, 0.5) is 10.5 Å². The number of amides is 2. The molecule has 1 atom stereocenters. The highest BCUT2D eigenvalue weighted by Gasteiger charge is 2.26. The average Bonchev–Trinajstić information content (AvgIpc) is 3.43. The minimum atomic E-state index is 0.0737. The minimum Gasteiger partial charge on any atom is -0.368 e. The van der Waals surface area contributed by atoms with Crippen LogP contribution in [0.15, 0.2) is 41.8 Å². The van der Waals surface area contributed by atoms with E-state index >= 15 is 0 Å². The van der Waals surface area contributed by atoms with Crippen LogP contribution in [0.25, 0.3) is 0 Å². The van der Waals surface area contributed by atoms with Crippen molar-refractivity contribution in [3.63, 3.8) is 0 Å². The number of aryl methyl sites for hydroxylation is 1. The second-order valence-electron chi connectivity index (χ2n) is 7.77. The second kappa shape index (κ2) is 8.97. The van der Waals surface area contributed by atoms with E-state index in [0.717, 1.165) is 39.3 Å². The molecule has 2 amide bonds. The molecular formula is C22H30N4OS. The average molecular weight is 399 g/mol. The van der Waals surface area contributed by atoms with E-state index in [0.29, 0.717) is 12.6 Å². The predicted octanol–water partition coefficient (Wildman–Crippen LogP) is 3.73. The summed E-state index contributed by atoms with van der Waals surface area (Å²) in [4.78, 5) is 21.0. The lowest BCUT2D eigenvalue weighted by Crippen LogP contribution is -2.52. The van der Waals surface area contributed by atoms with E-state index in [1.165, 1.54) is 29.0 Å². The van der Waals surface area contributed by atoms with E-state index in [-0.39, 0.29) is 6.03 Å². The third kappa shape index (κ3) is 4.50.